The maximum atomic E-state index is 13.4. The van der Waals surface area contributed by atoms with Crippen molar-refractivity contribution in [1.82, 2.24) is 0 Å². The van der Waals surface area contributed by atoms with E-state index in [1.807, 2.05) is 0 Å². The standard InChI is InChI=1S/C15H10ClF3O/c16-12-5-4-9(7-14(12)18)6-11(20)8-10-2-1-3-13(17)15(10)19/h1-5,7H,6,8H2. The van der Waals surface area contributed by atoms with Gasteiger partial charge in [0.1, 0.15) is 11.6 Å². The Labute approximate surface area is 119 Å². The van der Waals surface area contributed by atoms with Gasteiger partial charge in [-0.3, -0.25) is 4.79 Å². The number of benzene rings is 2. The van der Waals surface area contributed by atoms with E-state index < -0.39 is 17.5 Å². The highest BCUT2D eigenvalue weighted by Crippen LogP contribution is 2.17. The lowest BCUT2D eigenvalue weighted by atomic mass is 10.0. The molecule has 0 atom stereocenters. The van der Waals surface area contributed by atoms with Crippen molar-refractivity contribution in [2.45, 2.75) is 12.8 Å². The van der Waals surface area contributed by atoms with E-state index in [0.717, 1.165) is 12.1 Å². The van der Waals surface area contributed by atoms with Gasteiger partial charge in [0.25, 0.3) is 0 Å². The lowest BCUT2D eigenvalue weighted by molar-refractivity contribution is -0.117. The molecule has 5 heteroatoms. The van der Waals surface area contributed by atoms with Gasteiger partial charge in [-0.25, -0.2) is 13.2 Å². The maximum absolute atomic E-state index is 13.4. The van der Waals surface area contributed by atoms with E-state index in [9.17, 15) is 18.0 Å². The number of ketones is 1. The van der Waals surface area contributed by atoms with Crippen molar-refractivity contribution in [2.75, 3.05) is 0 Å². The molecule has 2 aromatic rings. The monoisotopic (exact) mass is 298 g/mol. The van der Waals surface area contributed by atoms with Crippen LogP contribution in [0.4, 0.5) is 13.2 Å². The number of hydrogen-bond donors (Lipinski definition) is 0. The Morgan fingerprint density at radius 2 is 1.75 bits per heavy atom. The molecule has 2 rings (SSSR count). The summed E-state index contributed by atoms with van der Waals surface area (Å²) < 4.78 is 39.6. The smallest absolute Gasteiger partial charge is 0.162 e. The number of carbonyl (C=O) groups is 1. The predicted molar refractivity (Wildman–Crippen MR) is 70.2 cm³/mol. The summed E-state index contributed by atoms with van der Waals surface area (Å²) in [5.74, 6) is -2.97. The van der Waals surface area contributed by atoms with Gasteiger partial charge in [0, 0.05) is 12.8 Å². The van der Waals surface area contributed by atoms with Crippen molar-refractivity contribution in [1.29, 1.82) is 0 Å². The lowest BCUT2D eigenvalue weighted by Gasteiger charge is -2.04. The van der Waals surface area contributed by atoms with Crippen LogP contribution in [0.25, 0.3) is 0 Å². The minimum Gasteiger partial charge on any atom is -0.299 e. The number of hydrogen-bond acceptors (Lipinski definition) is 1. The molecule has 104 valence electrons. The molecular formula is C15H10ClF3O. The van der Waals surface area contributed by atoms with E-state index in [1.54, 1.807) is 0 Å². The number of rotatable bonds is 4. The van der Waals surface area contributed by atoms with Crippen LogP contribution in [0.5, 0.6) is 0 Å². The van der Waals surface area contributed by atoms with Gasteiger partial charge in [0.2, 0.25) is 0 Å². The Hall–Kier alpha value is -1.81. The van der Waals surface area contributed by atoms with E-state index in [2.05, 4.69) is 0 Å². The Morgan fingerprint density at radius 3 is 2.45 bits per heavy atom. The molecule has 0 unspecified atom stereocenters. The first-order valence-corrected chi connectivity index (χ1v) is 6.23. The molecule has 2 aromatic carbocycles. The normalized spacial score (nSPS) is 10.6. The van der Waals surface area contributed by atoms with Gasteiger partial charge in [0.15, 0.2) is 11.6 Å². The van der Waals surface area contributed by atoms with Gasteiger partial charge < -0.3 is 0 Å². The molecule has 0 amide bonds. The highest BCUT2D eigenvalue weighted by atomic mass is 35.5. The third-order valence-corrected chi connectivity index (χ3v) is 3.11. The van der Waals surface area contributed by atoms with Gasteiger partial charge in [-0.2, -0.15) is 0 Å². The van der Waals surface area contributed by atoms with Gasteiger partial charge in [-0.15, -0.1) is 0 Å². The van der Waals surface area contributed by atoms with Crippen LogP contribution >= 0.6 is 11.6 Å². The van der Waals surface area contributed by atoms with Crippen molar-refractivity contribution >= 4 is 17.4 Å². The highest BCUT2D eigenvalue weighted by molar-refractivity contribution is 6.30. The Balaban J connectivity index is 2.09. The fraction of sp³-hybridized carbons (Fsp3) is 0.133. The summed E-state index contributed by atoms with van der Waals surface area (Å²) in [4.78, 5) is 11.8. The Kier molecular flexibility index (Phi) is 4.45. The van der Waals surface area contributed by atoms with Crippen LogP contribution < -0.4 is 0 Å². The van der Waals surface area contributed by atoms with E-state index in [4.69, 9.17) is 11.6 Å². The van der Waals surface area contributed by atoms with Crippen LogP contribution in [-0.4, -0.2) is 5.78 Å². The fourth-order valence-electron chi connectivity index (χ4n) is 1.84. The van der Waals surface area contributed by atoms with Crippen LogP contribution in [-0.2, 0) is 17.6 Å². The summed E-state index contributed by atoms with van der Waals surface area (Å²) in [6.07, 6.45) is -0.308. The second-order valence-corrected chi connectivity index (χ2v) is 4.76. The van der Waals surface area contributed by atoms with Gasteiger partial charge in [0.05, 0.1) is 5.02 Å². The summed E-state index contributed by atoms with van der Waals surface area (Å²) in [6, 6.07) is 7.69. The summed E-state index contributed by atoms with van der Waals surface area (Å²) >= 11 is 5.53. The molecule has 0 aliphatic carbocycles. The predicted octanol–water partition coefficient (Wildman–Crippen LogP) is 4.11. The molecule has 0 radical (unpaired) electrons. The van der Waals surface area contributed by atoms with Crippen molar-refractivity contribution in [2.24, 2.45) is 0 Å². The molecule has 0 aliphatic heterocycles. The first-order chi connectivity index (χ1) is 9.47. The van der Waals surface area contributed by atoms with Crippen molar-refractivity contribution < 1.29 is 18.0 Å². The first kappa shape index (κ1) is 14.6. The highest BCUT2D eigenvalue weighted by Gasteiger charge is 2.12. The molecule has 20 heavy (non-hydrogen) atoms. The molecule has 0 bridgehead atoms. The maximum Gasteiger partial charge on any atom is 0.162 e. The zero-order valence-corrected chi connectivity index (χ0v) is 11.1. The Bertz CT molecular complexity index is 656. The SMILES string of the molecule is O=C(Cc1ccc(Cl)c(F)c1)Cc1cccc(F)c1F. The quantitative estimate of drug-likeness (QED) is 0.830. The molecule has 0 N–H and O–H groups in total. The molecule has 0 spiro atoms. The number of Topliss-reactive ketones (excluding diaryl/α,β-unsaturated/α-hetero) is 1. The van der Waals surface area contributed by atoms with Crippen LogP contribution in [0.1, 0.15) is 11.1 Å². The molecule has 0 saturated heterocycles. The minimum absolute atomic E-state index is 0.00978. The zero-order valence-electron chi connectivity index (χ0n) is 10.3. The zero-order chi connectivity index (χ0) is 14.7. The molecule has 0 aliphatic rings. The van der Waals surface area contributed by atoms with Gasteiger partial charge >= 0.3 is 0 Å². The van der Waals surface area contributed by atoms with Crippen molar-refractivity contribution in [3.8, 4) is 0 Å². The minimum atomic E-state index is -1.02. The van der Waals surface area contributed by atoms with Crippen LogP contribution in [0.2, 0.25) is 5.02 Å². The fourth-order valence-corrected chi connectivity index (χ4v) is 1.95. The van der Waals surface area contributed by atoms with E-state index in [-0.39, 0.29) is 29.2 Å². The van der Waals surface area contributed by atoms with E-state index >= 15 is 0 Å². The summed E-state index contributed by atoms with van der Waals surface area (Å²) in [7, 11) is 0. The second-order valence-electron chi connectivity index (χ2n) is 4.35. The van der Waals surface area contributed by atoms with E-state index in [1.165, 1.54) is 24.3 Å². The van der Waals surface area contributed by atoms with Crippen molar-refractivity contribution in [3.63, 3.8) is 0 Å². The molecular weight excluding hydrogens is 289 g/mol. The molecule has 0 aromatic heterocycles. The summed E-state index contributed by atoms with van der Waals surface area (Å²) in [5.41, 5.74) is 0.429. The van der Waals surface area contributed by atoms with Crippen LogP contribution in [0, 0.1) is 17.5 Å². The molecule has 1 nitrogen and oxygen atoms in total. The van der Waals surface area contributed by atoms with E-state index in [0.29, 0.717) is 5.56 Å². The second kappa shape index (κ2) is 6.09. The van der Waals surface area contributed by atoms with Crippen LogP contribution in [0.15, 0.2) is 36.4 Å². The largest absolute Gasteiger partial charge is 0.299 e. The third-order valence-electron chi connectivity index (χ3n) is 2.80. The number of halogens is 4. The first-order valence-electron chi connectivity index (χ1n) is 5.86. The van der Waals surface area contributed by atoms with Crippen molar-refractivity contribution in [3.05, 3.63) is 70.0 Å². The average Bonchev–Trinajstić information content (AvgIpc) is 2.39. The average molecular weight is 299 g/mol. The summed E-state index contributed by atoms with van der Waals surface area (Å²) in [6.45, 7) is 0. The van der Waals surface area contributed by atoms with Gasteiger partial charge in [-0.1, -0.05) is 29.8 Å². The van der Waals surface area contributed by atoms with Crippen LogP contribution in [0.3, 0.4) is 0 Å². The lowest BCUT2D eigenvalue weighted by Crippen LogP contribution is -2.09. The molecule has 0 fully saturated rings. The van der Waals surface area contributed by atoms with Gasteiger partial charge in [-0.05, 0) is 29.3 Å². The topological polar surface area (TPSA) is 17.1 Å². The number of carbonyl (C=O) groups excluding carboxylic acids is 1. The molecule has 0 saturated carbocycles. The summed E-state index contributed by atoms with van der Waals surface area (Å²) in [5, 5.41) is -0.0302. The molecule has 0 heterocycles. The third kappa shape index (κ3) is 3.39. The Morgan fingerprint density at radius 1 is 1.00 bits per heavy atom.